The van der Waals surface area contributed by atoms with Crippen LogP contribution < -0.4 is 5.32 Å². The van der Waals surface area contributed by atoms with Crippen LogP contribution in [0.25, 0.3) is 17.0 Å². The number of allylic oxidation sites excluding steroid dienone is 1. The first kappa shape index (κ1) is 21.5. The Hall–Kier alpha value is -2.70. The fourth-order valence-corrected chi connectivity index (χ4v) is 4.36. The van der Waals surface area contributed by atoms with Gasteiger partial charge < -0.3 is 14.7 Å². The molecule has 7 heteroatoms. The first-order valence-corrected chi connectivity index (χ1v) is 11.3. The molecule has 0 aliphatic carbocycles. The molecule has 2 aromatic carbocycles. The summed E-state index contributed by atoms with van der Waals surface area (Å²) in [6, 6.07) is 15.8. The van der Waals surface area contributed by atoms with Crippen LogP contribution in [0.5, 0.6) is 0 Å². The van der Waals surface area contributed by atoms with Crippen LogP contribution in [0.2, 0.25) is 5.02 Å². The third-order valence-electron chi connectivity index (χ3n) is 5.50. The highest BCUT2D eigenvalue weighted by Crippen LogP contribution is 2.37. The molecule has 1 atom stereocenters. The summed E-state index contributed by atoms with van der Waals surface area (Å²) in [5, 5.41) is 9.06. The third kappa shape index (κ3) is 4.36. The molecule has 1 N–H and O–H groups in total. The first-order valence-electron chi connectivity index (χ1n) is 10.5. The van der Waals surface area contributed by atoms with E-state index in [4.69, 9.17) is 33.3 Å². The Labute approximate surface area is 193 Å². The molecule has 3 aromatic rings. The van der Waals surface area contributed by atoms with Crippen LogP contribution in [0.3, 0.4) is 0 Å². The Morgan fingerprint density at radius 1 is 1.16 bits per heavy atom. The van der Waals surface area contributed by atoms with Crippen LogP contribution in [0.4, 0.5) is 0 Å². The molecule has 5 nitrogen and oxygen atoms in total. The quantitative estimate of drug-likeness (QED) is 0.461. The number of thiocarbonyl (C=S) groups is 1. The minimum atomic E-state index is -0.167. The average Bonchev–Trinajstić information content (AvgIpc) is 3.26. The van der Waals surface area contributed by atoms with E-state index in [9.17, 15) is 0 Å². The molecular weight excluding hydrogens is 428 g/mol. The van der Waals surface area contributed by atoms with E-state index in [1.807, 2.05) is 24.3 Å². The van der Waals surface area contributed by atoms with Crippen LogP contribution in [0, 0.1) is 0 Å². The fourth-order valence-electron chi connectivity index (χ4n) is 3.82. The first-order chi connectivity index (χ1) is 15.0. The largest absolute Gasteiger partial charge is 0.351 e. The van der Waals surface area contributed by atoms with Crippen molar-refractivity contribution >= 4 is 34.5 Å². The summed E-state index contributed by atoms with van der Waals surface area (Å²) in [4.78, 5) is 6.82. The summed E-state index contributed by atoms with van der Waals surface area (Å²) < 4.78 is 5.76. The fraction of sp³-hybridized carbons (Fsp3) is 0.292. The average molecular weight is 453 g/mol. The number of nitrogens with one attached hydrogen (secondary N) is 1. The van der Waals surface area contributed by atoms with Crippen LogP contribution in [-0.2, 0) is 6.42 Å². The monoisotopic (exact) mass is 452 g/mol. The predicted molar refractivity (Wildman–Crippen MR) is 129 cm³/mol. The zero-order chi connectivity index (χ0) is 22.0. The summed E-state index contributed by atoms with van der Waals surface area (Å²) in [6.07, 6.45) is 1.97. The number of halogens is 1. The molecule has 0 saturated carbocycles. The Balaban J connectivity index is 1.80. The van der Waals surface area contributed by atoms with E-state index in [1.54, 1.807) is 0 Å². The Bertz CT molecular complexity index is 1120. The maximum absolute atomic E-state index is 6.14. The number of benzene rings is 2. The highest BCUT2D eigenvalue weighted by molar-refractivity contribution is 7.80. The normalized spacial score (nSPS) is 16.6. The lowest BCUT2D eigenvalue weighted by molar-refractivity contribution is 0.396. The van der Waals surface area contributed by atoms with Crippen LogP contribution >= 0.6 is 23.8 Å². The minimum absolute atomic E-state index is 0.167. The smallest absolute Gasteiger partial charge is 0.258 e. The molecule has 0 amide bonds. The van der Waals surface area contributed by atoms with Crippen LogP contribution in [0.1, 0.15) is 50.3 Å². The standard InChI is InChI=1S/C24H25ClN4OS/c1-4-13-29-15(3)20(21(26-24(29)31)17-11-9-16(5-2)10-12-17)23-27-22(28-30-23)18-7-6-8-19(25)14-18/h6-12,14,21H,4-5,13H2,1-3H3,(H,26,31). The van der Waals surface area contributed by atoms with E-state index >= 15 is 0 Å². The van der Waals surface area contributed by atoms with Gasteiger partial charge in [0.2, 0.25) is 5.82 Å². The van der Waals surface area contributed by atoms with Crippen molar-refractivity contribution in [3.8, 4) is 11.4 Å². The summed E-state index contributed by atoms with van der Waals surface area (Å²) in [6.45, 7) is 7.17. The SMILES string of the molecule is CCCN1C(=S)NC(c2ccc(CC)cc2)C(c2nc(-c3cccc(Cl)c3)no2)=C1C. The van der Waals surface area contributed by atoms with Gasteiger partial charge in [-0.15, -0.1) is 0 Å². The molecular formula is C24H25ClN4OS. The van der Waals surface area contributed by atoms with E-state index in [1.165, 1.54) is 5.56 Å². The Morgan fingerprint density at radius 2 is 1.94 bits per heavy atom. The summed E-state index contributed by atoms with van der Waals surface area (Å²) >= 11 is 11.8. The molecule has 4 rings (SSSR count). The number of hydrogen-bond acceptors (Lipinski definition) is 4. The maximum Gasteiger partial charge on any atom is 0.258 e. The highest BCUT2D eigenvalue weighted by atomic mass is 35.5. The van der Waals surface area contributed by atoms with Gasteiger partial charge in [0.25, 0.3) is 5.89 Å². The van der Waals surface area contributed by atoms with E-state index in [0.29, 0.717) is 21.9 Å². The molecule has 1 unspecified atom stereocenters. The predicted octanol–water partition coefficient (Wildman–Crippen LogP) is 6.02. The van der Waals surface area contributed by atoms with E-state index < -0.39 is 0 Å². The zero-order valence-electron chi connectivity index (χ0n) is 17.9. The topological polar surface area (TPSA) is 54.2 Å². The molecule has 2 heterocycles. The van der Waals surface area contributed by atoms with Crippen molar-refractivity contribution < 1.29 is 4.52 Å². The van der Waals surface area contributed by atoms with E-state index in [2.05, 4.69) is 60.4 Å². The van der Waals surface area contributed by atoms with E-state index in [-0.39, 0.29) is 6.04 Å². The van der Waals surface area contributed by atoms with Gasteiger partial charge in [0, 0.05) is 22.8 Å². The molecule has 0 spiro atoms. The Kier molecular flexibility index (Phi) is 6.39. The number of nitrogens with zero attached hydrogens (tertiary/aromatic N) is 3. The van der Waals surface area contributed by atoms with Gasteiger partial charge in [-0.2, -0.15) is 4.98 Å². The molecule has 1 aromatic heterocycles. The lowest BCUT2D eigenvalue weighted by Crippen LogP contribution is -2.46. The van der Waals surface area contributed by atoms with Gasteiger partial charge in [-0.05, 0) is 55.2 Å². The van der Waals surface area contributed by atoms with Gasteiger partial charge in [0.1, 0.15) is 0 Å². The van der Waals surface area contributed by atoms with Gasteiger partial charge in [-0.1, -0.05) is 67.0 Å². The van der Waals surface area contributed by atoms with Gasteiger partial charge >= 0.3 is 0 Å². The third-order valence-corrected chi connectivity index (χ3v) is 6.08. The van der Waals surface area contributed by atoms with Crippen molar-refractivity contribution in [2.75, 3.05) is 6.54 Å². The summed E-state index contributed by atoms with van der Waals surface area (Å²) in [5.41, 5.74) is 5.17. The van der Waals surface area contributed by atoms with Gasteiger partial charge in [0.05, 0.1) is 11.6 Å². The second-order valence-corrected chi connectivity index (χ2v) is 8.38. The van der Waals surface area contributed by atoms with Crippen molar-refractivity contribution in [1.29, 1.82) is 0 Å². The van der Waals surface area contributed by atoms with Crippen molar-refractivity contribution in [3.05, 3.63) is 76.3 Å². The van der Waals surface area contributed by atoms with Crippen molar-refractivity contribution in [2.45, 2.75) is 39.7 Å². The Morgan fingerprint density at radius 3 is 2.61 bits per heavy atom. The summed E-state index contributed by atoms with van der Waals surface area (Å²) in [5.74, 6) is 0.987. The van der Waals surface area contributed by atoms with Crippen molar-refractivity contribution in [3.63, 3.8) is 0 Å². The van der Waals surface area contributed by atoms with Crippen molar-refractivity contribution in [1.82, 2.24) is 20.4 Å². The second kappa shape index (κ2) is 9.20. The lowest BCUT2D eigenvalue weighted by Gasteiger charge is -2.37. The van der Waals surface area contributed by atoms with Crippen molar-refractivity contribution in [2.24, 2.45) is 0 Å². The second-order valence-electron chi connectivity index (χ2n) is 7.56. The van der Waals surface area contributed by atoms with Gasteiger partial charge in [0.15, 0.2) is 5.11 Å². The number of aryl methyl sites for hydroxylation is 1. The number of rotatable bonds is 6. The van der Waals surface area contributed by atoms with Gasteiger partial charge in [-0.3, -0.25) is 0 Å². The molecule has 0 saturated heterocycles. The minimum Gasteiger partial charge on any atom is -0.351 e. The molecule has 1 aliphatic heterocycles. The highest BCUT2D eigenvalue weighted by Gasteiger charge is 2.33. The van der Waals surface area contributed by atoms with Crippen LogP contribution in [0.15, 0.2) is 58.8 Å². The molecule has 0 bridgehead atoms. The molecule has 0 fully saturated rings. The zero-order valence-corrected chi connectivity index (χ0v) is 19.4. The summed E-state index contributed by atoms with van der Waals surface area (Å²) in [7, 11) is 0. The molecule has 31 heavy (non-hydrogen) atoms. The lowest BCUT2D eigenvalue weighted by atomic mass is 9.94. The number of aromatic nitrogens is 2. The maximum atomic E-state index is 6.14. The molecule has 0 radical (unpaired) electrons. The number of hydrogen-bond donors (Lipinski definition) is 1. The molecule has 1 aliphatic rings. The van der Waals surface area contributed by atoms with Crippen LogP contribution in [-0.4, -0.2) is 26.7 Å². The van der Waals surface area contributed by atoms with Gasteiger partial charge in [-0.25, -0.2) is 0 Å². The molecule has 160 valence electrons. The van der Waals surface area contributed by atoms with E-state index in [0.717, 1.165) is 41.8 Å².